The van der Waals surface area contributed by atoms with Crippen LogP contribution in [0.25, 0.3) is 0 Å². The molecule has 0 fully saturated rings. The maximum Gasteiger partial charge on any atom is 0.322 e. The Hall–Kier alpha value is -3.05. The van der Waals surface area contributed by atoms with E-state index < -0.39 is 30.8 Å². The molecule has 3 rings (SSSR count). The summed E-state index contributed by atoms with van der Waals surface area (Å²) in [6, 6.07) is 12.1. The predicted octanol–water partition coefficient (Wildman–Crippen LogP) is 2.89. The van der Waals surface area contributed by atoms with Gasteiger partial charge in [-0.1, -0.05) is 36.3 Å². The number of amides is 1. The van der Waals surface area contributed by atoms with Crippen molar-refractivity contribution in [2.24, 2.45) is 0 Å². The Morgan fingerprint density at radius 3 is 2.28 bits per heavy atom. The van der Waals surface area contributed by atoms with Crippen molar-refractivity contribution in [1.82, 2.24) is 10.2 Å². The molecule has 170 valence electrons. The number of hydrogen-bond acceptors (Lipinski definition) is 8. The summed E-state index contributed by atoms with van der Waals surface area (Å²) in [4.78, 5) is 12.8. The second-order valence-electron chi connectivity index (χ2n) is 7.27. The molecule has 1 heterocycles. The molecule has 1 amide bonds. The number of nitrogens with one attached hydrogen (secondary N) is 1. The zero-order chi connectivity index (χ0) is 23.5. The first-order valence-electron chi connectivity index (χ1n) is 9.83. The van der Waals surface area contributed by atoms with E-state index in [1.807, 2.05) is 0 Å². The molecular formula is C21H23N3O6S2. The van der Waals surface area contributed by atoms with E-state index in [0.717, 1.165) is 5.56 Å². The van der Waals surface area contributed by atoms with Gasteiger partial charge in [0.1, 0.15) is 0 Å². The third kappa shape index (κ3) is 5.05. The average molecular weight is 478 g/mol. The van der Waals surface area contributed by atoms with Crippen LogP contribution in [0.3, 0.4) is 0 Å². The topological polar surface area (TPSA) is 136 Å². The molecule has 1 aromatic heterocycles. The molecular weight excluding hydrogens is 454 g/mol. The van der Waals surface area contributed by atoms with Crippen molar-refractivity contribution in [3.8, 4) is 0 Å². The molecule has 0 saturated carbocycles. The highest BCUT2D eigenvalue weighted by Gasteiger charge is 2.22. The highest BCUT2D eigenvalue weighted by atomic mass is 32.2. The molecule has 2 aromatic carbocycles. The van der Waals surface area contributed by atoms with E-state index in [-0.39, 0.29) is 39.4 Å². The van der Waals surface area contributed by atoms with Crippen LogP contribution < -0.4 is 5.32 Å². The van der Waals surface area contributed by atoms with Crippen LogP contribution in [0.15, 0.2) is 62.7 Å². The fourth-order valence-corrected chi connectivity index (χ4v) is 5.02. The summed E-state index contributed by atoms with van der Waals surface area (Å²) in [7, 11) is -6.95. The van der Waals surface area contributed by atoms with E-state index in [0.29, 0.717) is 0 Å². The largest absolute Gasteiger partial charge is 0.407 e. The van der Waals surface area contributed by atoms with Gasteiger partial charge in [0.25, 0.3) is 5.91 Å². The standard InChI is InChI=1S/C21H23N3O6S2/c1-4-31(26,27)18-8-6-5-7-17(18)20(25)22-21-24-23-19(30-21)13-15-9-11-16(12-10-15)32(28,29)14(2)3/h5-12,14H,4,13H2,1-3H3,(H,22,24,25). The molecule has 0 spiro atoms. The first-order chi connectivity index (χ1) is 15.0. The van der Waals surface area contributed by atoms with E-state index in [2.05, 4.69) is 15.5 Å². The van der Waals surface area contributed by atoms with Crippen molar-refractivity contribution in [3.63, 3.8) is 0 Å². The highest BCUT2D eigenvalue weighted by molar-refractivity contribution is 7.92. The SMILES string of the molecule is CCS(=O)(=O)c1ccccc1C(=O)Nc1nnc(Cc2ccc(S(=O)(=O)C(C)C)cc2)o1. The van der Waals surface area contributed by atoms with Crippen LogP contribution in [0.1, 0.15) is 42.6 Å². The first kappa shape index (κ1) is 23.6. The normalized spacial score (nSPS) is 12.1. The van der Waals surface area contributed by atoms with Gasteiger partial charge in [0, 0.05) is 0 Å². The molecule has 1 N–H and O–H groups in total. The Morgan fingerprint density at radius 1 is 1.00 bits per heavy atom. The van der Waals surface area contributed by atoms with Gasteiger partial charge in [-0.3, -0.25) is 10.1 Å². The minimum Gasteiger partial charge on any atom is -0.407 e. The summed E-state index contributed by atoms with van der Waals surface area (Å²) in [6.07, 6.45) is 0.228. The minimum absolute atomic E-state index is 0.0175. The molecule has 0 aliphatic heterocycles. The number of anilines is 1. The molecule has 0 bridgehead atoms. The van der Waals surface area contributed by atoms with Crippen LogP contribution in [0.5, 0.6) is 0 Å². The van der Waals surface area contributed by atoms with Gasteiger partial charge in [-0.05, 0) is 43.7 Å². The lowest BCUT2D eigenvalue weighted by atomic mass is 10.1. The van der Waals surface area contributed by atoms with Crippen molar-refractivity contribution in [3.05, 3.63) is 65.5 Å². The maximum atomic E-state index is 12.6. The van der Waals surface area contributed by atoms with Crippen LogP contribution in [-0.4, -0.2) is 43.9 Å². The summed E-state index contributed by atoms with van der Waals surface area (Å²) in [6.45, 7) is 4.74. The number of hydrogen-bond donors (Lipinski definition) is 1. The number of rotatable bonds is 8. The molecule has 32 heavy (non-hydrogen) atoms. The van der Waals surface area contributed by atoms with Crippen molar-refractivity contribution in [1.29, 1.82) is 0 Å². The first-order valence-corrected chi connectivity index (χ1v) is 13.0. The van der Waals surface area contributed by atoms with E-state index >= 15 is 0 Å². The van der Waals surface area contributed by atoms with Gasteiger partial charge >= 0.3 is 6.01 Å². The zero-order valence-corrected chi connectivity index (χ0v) is 19.4. The number of aromatic nitrogens is 2. The highest BCUT2D eigenvalue weighted by Crippen LogP contribution is 2.20. The predicted molar refractivity (Wildman–Crippen MR) is 118 cm³/mol. The molecule has 0 aliphatic rings. The van der Waals surface area contributed by atoms with Gasteiger partial charge < -0.3 is 4.42 Å². The van der Waals surface area contributed by atoms with E-state index in [9.17, 15) is 21.6 Å². The van der Waals surface area contributed by atoms with Crippen LogP contribution in [0.4, 0.5) is 6.01 Å². The lowest BCUT2D eigenvalue weighted by Gasteiger charge is -2.08. The van der Waals surface area contributed by atoms with E-state index in [1.54, 1.807) is 38.1 Å². The summed E-state index contributed by atoms with van der Waals surface area (Å²) >= 11 is 0. The van der Waals surface area contributed by atoms with E-state index in [4.69, 9.17) is 4.42 Å². The van der Waals surface area contributed by atoms with Gasteiger partial charge in [-0.2, -0.15) is 0 Å². The van der Waals surface area contributed by atoms with Crippen LogP contribution in [0.2, 0.25) is 0 Å². The number of carbonyl (C=O) groups is 1. The van der Waals surface area contributed by atoms with Crippen molar-refractivity contribution >= 4 is 31.6 Å². The van der Waals surface area contributed by atoms with E-state index in [1.165, 1.54) is 31.2 Å². The van der Waals surface area contributed by atoms with Crippen molar-refractivity contribution in [2.45, 2.75) is 42.2 Å². The number of carbonyl (C=O) groups excluding carboxylic acids is 1. The molecule has 0 aliphatic carbocycles. The summed E-state index contributed by atoms with van der Waals surface area (Å²) in [5, 5.41) is 9.55. The van der Waals surface area contributed by atoms with Crippen LogP contribution in [-0.2, 0) is 26.1 Å². The monoisotopic (exact) mass is 477 g/mol. The van der Waals surface area contributed by atoms with Gasteiger partial charge in [0.05, 0.1) is 32.8 Å². The van der Waals surface area contributed by atoms with Crippen LogP contribution in [0, 0.1) is 0 Å². The molecule has 11 heteroatoms. The molecule has 0 saturated heterocycles. The smallest absolute Gasteiger partial charge is 0.322 e. The van der Waals surface area contributed by atoms with Gasteiger partial charge in [0.2, 0.25) is 5.89 Å². The summed E-state index contributed by atoms with van der Waals surface area (Å²) in [5.74, 6) is -0.621. The Morgan fingerprint density at radius 2 is 1.66 bits per heavy atom. The molecule has 0 radical (unpaired) electrons. The molecule has 0 unspecified atom stereocenters. The quantitative estimate of drug-likeness (QED) is 0.523. The Bertz CT molecular complexity index is 1330. The number of nitrogens with zero attached hydrogens (tertiary/aromatic N) is 2. The fraction of sp³-hybridized carbons (Fsp3) is 0.286. The number of sulfone groups is 2. The van der Waals surface area contributed by atoms with Crippen molar-refractivity contribution < 1.29 is 26.0 Å². The Balaban J connectivity index is 1.73. The third-order valence-electron chi connectivity index (χ3n) is 4.76. The Kier molecular flexibility index (Phi) is 6.79. The minimum atomic E-state index is -3.59. The van der Waals surface area contributed by atoms with Gasteiger partial charge in [0.15, 0.2) is 19.7 Å². The average Bonchev–Trinajstić information content (AvgIpc) is 3.20. The lowest BCUT2D eigenvalue weighted by molar-refractivity contribution is 0.102. The second-order valence-corrected chi connectivity index (χ2v) is 12.0. The van der Waals surface area contributed by atoms with Crippen LogP contribution >= 0.6 is 0 Å². The maximum absolute atomic E-state index is 12.6. The summed E-state index contributed by atoms with van der Waals surface area (Å²) < 4.78 is 54.3. The van der Waals surface area contributed by atoms with Crippen molar-refractivity contribution in [2.75, 3.05) is 11.1 Å². The molecule has 3 aromatic rings. The van der Waals surface area contributed by atoms with Gasteiger partial charge in [-0.25, -0.2) is 16.8 Å². The second kappa shape index (κ2) is 9.21. The Labute approximate surface area is 186 Å². The van der Waals surface area contributed by atoms with Gasteiger partial charge in [-0.15, -0.1) is 5.10 Å². The molecule has 9 nitrogen and oxygen atoms in total. The lowest BCUT2D eigenvalue weighted by Crippen LogP contribution is -2.17. The fourth-order valence-electron chi connectivity index (χ4n) is 2.86. The molecule has 0 atom stereocenters. The zero-order valence-electron chi connectivity index (χ0n) is 17.8. The summed E-state index contributed by atoms with van der Waals surface area (Å²) in [5.41, 5.74) is 0.727. The third-order valence-corrected chi connectivity index (χ3v) is 8.72. The number of benzene rings is 2.